The second-order valence-electron chi connectivity index (χ2n) is 12.5. The molecule has 3 heterocycles. The molecule has 0 fully saturated rings. The molecule has 0 N–H and O–H groups in total. The summed E-state index contributed by atoms with van der Waals surface area (Å²) >= 11 is 0. The fraction of sp³-hybridized carbons (Fsp3) is 0.368. The van der Waals surface area contributed by atoms with Gasteiger partial charge < -0.3 is 28.4 Å². The largest absolute Gasteiger partial charge is 0.493 e. The lowest BCUT2D eigenvalue weighted by atomic mass is 9.87. The number of hydrogen-bond donors (Lipinski definition) is 0. The molecule has 46 heavy (non-hydrogen) atoms. The maximum atomic E-state index is 7.03. The Hall–Kier alpha value is -4.40. The lowest BCUT2D eigenvalue weighted by Gasteiger charge is -2.37. The molecule has 4 aromatic carbocycles. The molecule has 2 atom stereocenters. The quantitative estimate of drug-likeness (QED) is 0.238. The summed E-state index contributed by atoms with van der Waals surface area (Å²) in [6, 6.07) is 21.2. The molecule has 0 spiro atoms. The van der Waals surface area contributed by atoms with Gasteiger partial charge >= 0.3 is 0 Å². The molecule has 3 aliphatic rings. The van der Waals surface area contributed by atoms with Gasteiger partial charge in [-0.1, -0.05) is 18.2 Å². The van der Waals surface area contributed by atoms with Gasteiger partial charge in [0, 0.05) is 30.7 Å². The standard InChI is InChI=1S/C38H42N2O6/c1-39-14-12-25-20-32(42-4)34-22-28(25)29(39)17-23-8-7-9-27(16-23)45-33-19-24(10-11-31(33)41-3)18-30-36-26(13-15-40(30)2)21-35(43-5)37(44-6)38(36)46-34/h7-11,16,19-22,29-30H,12-15,17-18H2,1-6H3. The highest BCUT2D eigenvalue weighted by atomic mass is 16.5. The van der Waals surface area contributed by atoms with Crippen molar-refractivity contribution in [2.24, 2.45) is 0 Å². The molecule has 4 aromatic rings. The third-order valence-electron chi connectivity index (χ3n) is 9.82. The van der Waals surface area contributed by atoms with Gasteiger partial charge in [0.05, 0.1) is 28.4 Å². The van der Waals surface area contributed by atoms with E-state index in [1.54, 1.807) is 28.4 Å². The van der Waals surface area contributed by atoms with E-state index in [0.717, 1.165) is 55.6 Å². The van der Waals surface area contributed by atoms with Crippen LogP contribution in [0.1, 0.15) is 45.5 Å². The monoisotopic (exact) mass is 622 g/mol. The molecule has 7 rings (SSSR count). The second kappa shape index (κ2) is 12.4. The van der Waals surface area contributed by atoms with Crippen molar-refractivity contribution in [1.82, 2.24) is 9.80 Å². The molecular weight excluding hydrogens is 580 g/mol. The SMILES string of the molecule is COc1ccc2cc1Oc1cccc(c1)CC1c3cc(c(OC)cc3CCN1C)Oc1c(OC)c(OC)cc3c1C(C2)N(C)CC3. The first-order valence-corrected chi connectivity index (χ1v) is 15.9. The van der Waals surface area contributed by atoms with Crippen molar-refractivity contribution in [2.45, 2.75) is 37.8 Å². The second-order valence-corrected chi connectivity index (χ2v) is 12.5. The smallest absolute Gasteiger partial charge is 0.204 e. The van der Waals surface area contributed by atoms with Crippen LogP contribution in [0.4, 0.5) is 0 Å². The van der Waals surface area contributed by atoms with Crippen molar-refractivity contribution in [3.8, 4) is 46.0 Å². The number of hydrogen-bond acceptors (Lipinski definition) is 8. The molecule has 8 heteroatoms. The minimum absolute atomic E-state index is 0.00122. The van der Waals surface area contributed by atoms with E-state index in [9.17, 15) is 0 Å². The first-order valence-electron chi connectivity index (χ1n) is 15.9. The zero-order chi connectivity index (χ0) is 31.9. The maximum Gasteiger partial charge on any atom is 0.204 e. The van der Waals surface area contributed by atoms with Gasteiger partial charge in [0.2, 0.25) is 5.75 Å². The fourth-order valence-electron chi connectivity index (χ4n) is 7.32. The molecule has 0 aliphatic carbocycles. The highest BCUT2D eigenvalue weighted by Crippen LogP contribution is 2.52. The third kappa shape index (κ3) is 5.39. The average Bonchev–Trinajstić information content (AvgIpc) is 3.07. The summed E-state index contributed by atoms with van der Waals surface area (Å²) in [4.78, 5) is 4.81. The average molecular weight is 623 g/mol. The summed E-state index contributed by atoms with van der Waals surface area (Å²) in [5.74, 6) is 5.42. The van der Waals surface area contributed by atoms with Crippen LogP contribution in [-0.4, -0.2) is 65.4 Å². The summed E-state index contributed by atoms with van der Waals surface area (Å²) in [5.41, 5.74) is 7.10. The third-order valence-corrected chi connectivity index (χ3v) is 9.82. The van der Waals surface area contributed by atoms with Crippen LogP contribution in [0.2, 0.25) is 0 Å². The van der Waals surface area contributed by atoms with Crippen LogP contribution in [0.25, 0.3) is 0 Å². The Morgan fingerprint density at radius 1 is 0.630 bits per heavy atom. The molecule has 0 radical (unpaired) electrons. The topological polar surface area (TPSA) is 61.9 Å². The van der Waals surface area contributed by atoms with Gasteiger partial charge in [0.15, 0.2) is 34.5 Å². The highest BCUT2D eigenvalue weighted by Gasteiger charge is 2.34. The van der Waals surface area contributed by atoms with E-state index in [1.807, 2.05) is 12.1 Å². The van der Waals surface area contributed by atoms with E-state index in [1.165, 1.54) is 22.3 Å². The van der Waals surface area contributed by atoms with Crippen LogP contribution >= 0.6 is 0 Å². The predicted octanol–water partition coefficient (Wildman–Crippen LogP) is 7.16. The van der Waals surface area contributed by atoms with Crippen molar-refractivity contribution >= 4 is 0 Å². The molecule has 240 valence electrons. The first-order chi connectivity index (χ1) is 22.4. The van der Waals surface area contributed by atoms with Gasteiger partial charge in [-0.25, -0.2) is 0 Å². The molecular formula is C38H42N2O6. The van der Waals surface area contributed by atoms with E-state index in [0.29, 0.717) is 40.2 Å². The predicted molar refractivity (Wildman–Crippen MR) is 178 cm³/mol. The van der Waals surface area contributed by atoms with Crippen molar-refractivity contribution < 1.29 is 28.4 Å². The Balaban J connectivity index is 1.48. The Morgan fingerprint density at radius 3 is 2.07 bits per heavy atom. The minimum Gasteiger partial charge on any atom is -0.493 e. The molecule has 0 amide bonds. The van der Waals surface area contributed by atoms with Gasteiger partial charge in [-0.15, -0.1) is 0 Å². The first kappa shape index (κ1) is 30.3. The Labute approximate surface area is 271 Å². The Kier molecular flexibility index (Phi) is 8.17. The van der Waals surface area contributed by atoms with Crippen LogP contribution in [0.5, 0.6) is 46.0 Å². The zero-order valence-electron chi connectivity index (χ0n) is 27.5. The van der Waals surface area contributed by atoms with Crippen molar-refractivity contribution in [3.05, 3.63) is 94.0 Å². The van der Waals surface area contributed by atoms with Crippen LogP contribution in [0.15, 0.2) is 60.7 Å². The Bertz CT molecular complexity index is 1770. The van der Waals surface area contributed by atoms with Crippen molar-refractivity contribution in [2.75, 3.05) is 55.6 Å². The van der Waals surface area contributed by atoms with E-state index < -0.39 is 0 Å². The molecule has 0 saturated carbocycles. The molecule has 6 bridgehead atoms. The molecule has 3 aliphatic heterocycles. The number of ether oxygens (including phenoxy) is 6. The molecule has 8 nitrogen and oxygen atoms in total. The Morgan fingerprint density at radius 2 is 1.30 bits per heavy atom. The van der Waals surface area contributed by atoms with Crippen molar-refractivity contribution in [1.29, 1.82) is 0 Å². The molecule has 2 unspecified atom stereocenters. The van der Waals surface area contributed by atoms with Crippen LogP contribution in [-0.2, 0) is 25.7 Å². The lowest BCUT2D eigenvalue weighted by molar-refractivity contribution is 0.220. The van der Waals surface area contributed by atoms with Gasteiger partial charge in [-0.05, 0) is 110 Å². The number of methoxy groups -OCH3 is 4. The van der Waals surface area contributed by atoms with Crippen LogP contribution in [0.3, 0.4) is 0 Å². The normalized spacial score (nSPS) is 19.2. The van der Waals surface area contributed by atoms with Crippen LogP contribution < -0.4 is 28.4 Å². The minimum atomic E-state index is 0.00122. The van der Waals surface area contributed by atoms with E-state index >= 15 is 0 Å². The molecule has 0 saturated heterocycles. The van der Waals surface area contributed by atoms with Crippen LogP contribution in [0, 0.1) is 0 Å². The maximum absolute atomic E-state index is 7.03. The van der Waals surface area contributed by atoms with E-state index in [2.05, 4.69) is 72.4 Å². The zero-order valence-corrected chi connectivity index (χ0v) is 27.5. The fourth-order valence-corrected chi connectivity index (χ4v) is 7.32. The van der Waals surface area contributed by atoms with Crippen molar-refractivity contribution in [3.63, 3.8) is 0 Å². The van der Waals surface area contributed by atoms with Gasteiger partial charge in [-0.2, -0.15) is 0 Å². The summed E-state index contributed by atoms with van der Waals surface area (Å²) in [7, 11) is 11.1. The number of likely N-dealkylation sites (N-methyl/N-ethyl adjacent to an activating group) is 2. The number of fused-ring (bicyclic) bond motifs is 5. The lowest BCUT2D eigenvalue weighted by Crippen LogP contribution is -2.34. The number of benzene rings is 4. The molecule has 0 aromatic heterocycles. The van der Waals surface area contributed by atoms with E-state index in [-0.39, 0.29) is 12.1 Å². The van der Waals surface area contributed by atoms with Gasteiger partial charge in [0.1, 0.15) is 5.75 Å². The van der Waals surface area contributed by atoms with E-state index in [4.69, 9.17) is 28.4 Å². The number of rotatable bonds is 4. The summed E-state index contributed by atoms with van der Waals surface area (Å²) < 4.78 is 37.2. The summed E-state index contributed by atoms with van der Waals surface area (Å²) in [5, 5.41) is 0. The summed E-state index contributed by atoms with van der Waals surface area (Å²) in [6.07, 6.45) is 3.33. The highest BCUT2D eigenvalue weighted by molar-refractivity contribution is 5.64. The number of nitrogens with zero attached hydrogens (tertiary/aromatic N) is 2. The summed E-state index contributed by atoms with van der Waals surface area (Å²) in [6.45, 7) is 1.85. The van der Waals surface area contributed by atoms with Gasteiger partial charge in [0.25, 0.3) is 0 Å². The van der Waals surface area contributed by atoms with Gasteiger partial charge in [-0.3, -0.25) is 9.80 Å².